The van der Waals surface area contributed by atoms with Crippen molar-refractivity contribution in [1.29, 1.82) is 0 Å². The molecular weight excluding hydrogens is 287 g/mol. The maximum Gasteiger partial charge on any atom is 0.433 e. The summed E-state index contributed by atoms with van der Waals surface area (Å²) in [7, 11) is 0. The van der Waals surface area contributed by atoms with Gasteiger partial charge in [-0.15, -0.1) is 0 Å². The van der Waals surface area contributed by atoms with E-state index in [1.54, 1.807) is 6.92 Å². The zero-order valence-electron chi connectivity index (χ0n) is 10.9. The molecule has 5 nitrogen and oxygen atoms in total. The maximum atomic E-state index is 12.4. The van der Waals surface area contributed by atoms with Gasteiger partial charge in [0.2, 0.25) is 0 Å². The summed E-state index contributed by atoms with van der Waals surface area (Å²) < 4.78 is 41.9. The van der Waals surface area contributed by atoms with Gasteiger partial charge in [-0.1, -0.05) is 0 Å². The van der Waals surface area contributed by atoms with Crippen LogP contribution in [0.3, 0.4) is 0 Å². The zero-order valence-corrected chi connectivity index (χ0v) is 10.9. The number of nitrogens with zero attached hydrogens (tertiary/aromatic N) is 3. The van der Waals surface area contributed by atoms with Crippen LogP contribution in [0.15, 0.2) is 30.7 Å². The van der Waals surface area contributed by atoms with E-state index in [0.29, 0.717) is 5.56 Å². The molecule has 2 heterocycles. The summed E-state index contributed by atoms with van der Waals surface area (Å²) in [6.07, 6.45) is -0.967. The molecule has 0 aliphatic heterocycles. The molecule has 0 aliphatic rings. The highest BCUT2D eigenvalue weighted by Gasteiger charge is 2.32. The first kappa shape index (κ1) is 14.9. The Balaban J connectivity index is 2.21. The highest BCUT2D eigenvalue weighted by Crippen LogP contribution is 2.28. The fraction of sp³-hybridized carbons (Fsp3) is 0.231. The van der Waals surface area contributed by atoms with Crippen molar-refractivity contribution in [2.45, 2.75) is 13.1 Å². The van der Waals surface area contributed by atoms with Gasteiger partial charge in [0.05, 0.1) is 12.2 Å². The SMILES string of the molecule is CCOC(=O)c1cnc(-c2ccc(C(F)(F)F)nc2)nc1. The van der Waals surface area contributed by atoms with Crippen LogP contribution in [0.5, 0.6) is 0 Å². The van der Waals surface area contributed by atoms with Gasteiger partial charge in [-0.25, -0.2) is 14.8 Å². The van der Waals surface area contributed by atoms with E-state index in [1.807, 2.05) is 0 Å². The van der Waals surface area contributed by atoms with Crippen LogP contribution < -0.4 is 0 Å². The molecule has 8 heteroatoms. The van der Waals surface area contributed by atoms with Crippen molar-refractivity contribution in [3.8, 4) is 11.4 Å². The maximum absolute atomic E-state index is 12.4. The summed E-state index contributed by atoms with van der Waals surface area (Å²) in [6, 6.07) is 2.06. The van der Waals surface area contributed by atoms with Crippen molar-refractivity contribution < 1.29 is 22.7 Å². The fourth-order valence-electron chi connectivity index (χ4n) is 1.49. The van der Waals surface area contributed by atoms with Gasteiger partial charge in [-0.3, -0.25) is 4.98 Å². The summed E-state index contributed by atoms with van der Waals surface area (Å²) in [4.78, 5) is 22.5. The highest BCUT2D eigenvalue weighted by atomic mass is 19.4. The van der Waals surface area contributed by atoms with Crippen molar-refractivity contribution in [3.63, 3.8) is 0 Å². The molecule has 21 heavy (non-hydrogen) atoms. The van der Waals surface area contributed by atoms with E-state index in [9.17, 15) is 18.0 Å². The number of rotatable bonds is 3. The molecule has 0 radical (unpaired) electrons. The molecule has 110 valence electrons. The number of alkyl halides is 3. The molecule has 0 aromatic carbocycles. The normalized spacial score (nSPS) is 11.2. The number of halogens is 3. The van der Waals surface area contributed by atoms with E-state index >= 15 is 0 Å². The van der Waals surface area contributed by atoms with Crippen LogP contribution in [-0.2, 0) is 10.9 Å². The van der Waals surface area contributed by atoms with E-state index in [0.717, 1.165) is 12.3 Å². The summed E-state index contributed by atoms with van der Waals surface area (Å²) in [5.41, 5.74) is -0.506. The summed E-state index contributed by atoms with van der Waals surface area (Å²) in [5, 5.41) is 0. The van der Waals surface area contributed by atoms with Crippen molar-refractivity contribution in [3.05, 3.63) is 42.0 Å². The third-order valence-corrected chi connectivity index (χ3v) is 2.48. The second-order valence-electron chi connectivity index (χ2n) is 3.95. The molecule has 2 aromatic heterocycles. The van der Waals surface area contributed by atoms with Gasteiger partial charge < -0.3 is 4.74 Å². The number of carbonyl (C=O) groups is 1. The molecule has 2 aromatic rings. The van der Waals surface area contributed by atoms with Gasteiger partial charge >= 0.3 is 12.1 Å². The van der Waals surface area contributed by atoms with Gasteiger partial charge in [0.15, 0.2) is 5.82 Å². The minimum atomic E-state index is -4.49. The Hall–Kier alpha value is -2.51. The second-order valence-corrected chi connectivity index (χ2v) is 3.95. The number of carbonyl (C=O) groups excluding carboxylic acids is 1. The molecule has 0 saturated heterocycles. The first-order valence-corrected chi connectivity index (χ1v) is 5.94. The fourth-order valence-corrected chi connectivity index (χ4v) is 1.49. The first-order chi connectivity index (χ1) is 9.91. The van der Waals surface area contributed by atoms with Crippen LogP contribution in [0.2, 0.25) is 0 Å². The minimum Gasteiger partial charge on any atom is -0.462 e. The van der Waals surface area contributed by atoms with E-state index < -0.39 is 17.8 Å². The highest BCUT2D eigenvalue weighted by molar-refractivity contribution is 5.88. The molecule has 0 unspecified atom stereocenters. The van der Waals surface area contributed by atoms with Crippen molar-refractivity contribution in [2.75, 3.05) is 6.61 Å². The predicted molar refractivity (Wildman–Crippen MR) is 66.2 cm³/mol. The molecule has 0 saturated carbocycles. The lowest BCUT2D eigenvalue weighted by Crippen LogP contribution is -2.08. The second kappa shape index (κ2) is 5.86. The smallest absolute Gasteiger partial charge is 0.433 e. The molecule has 0 atom stereocenters. The third-order valence-electron chi connectivity index (χ3n) is 2.48. The average molecular weight is 297 g/mol. The lowest BCUT2D eigenvalue weighted by molar-refractivity contribution is -0.141. The van der Waals surface area contributed by atoms with Gasteiger partial charge in [-0.2, -0.15) is 13.2 Å². The Bertz CT molecular complexity index is 625. The minimum absolute atomic E-state index is 0.167. The first-order valence-electron chi connectivity index (χ1n) is 5.94. The Morgan fingerprint density at radius 2 is 1.81 bits per heavy atom. The Labute approximate surface area is 117 Å². The molecule has 0 fully saturated rings. The summed E-state index contributed by atoms with van der Waals surface area (Å²) in [6.45, 7) is 1.89. The van der Waals surface area contributed by atoms with Crippen LogP contribution in [0, 0.1) is 0 Å². The van der Waals surface area contributed by atoms with E-state index in [2.05, 4.69) is 15.0 Å². The molecule has 0 spiro atoms. The van der Waals surface area contributed by atoms with Crippen LogP contribution in [0.4, 0.5) is 13.2 Å². The van der Waals surface area contributed by atoms with Crippen molar-refractivity contribution in [1.82, 2.24) is 15.0 Å². The number of ether oxygens (including phenoxy) is 1. The van der Waals surface area contributed by atoms with Crippen LogP contribution in [0.25, 0.3) is 11.4 Å². The van der Waals surface area contributed by atoms with Crippen molar-refractivity contribution in [2.24, 2.45) is 0 Å². The molecule has 0 N–H and O–H groups in total. The lowest BCUT2D eigenvalue weighted by atomic mass is 10.2. The predicted octanol–water partition coefficient (Wildman–Crippen LogP) is 2.73. The number of hydrogen-bond acceptors (Lipinski definition) is 5. The Morgan fingerprint density at radius 1 is 1.14 bits per heavy atom. The van der Waals surface area contributed by atoms with Crippen molar-refractivity contribution >= 4 is 5.97 Å². The number of hydrogen-bond donors (Lipinski definition) is 0. The Morgan fingerprint density at radius 3 is 2.29 bits per heavy atom. The van der Waals surface area contributed by atoms with Crippen LogP contribution in [0.1, 0.15) is 23.0 Å². The molecule has 0 amide bonds. The van der Waals surface area contributed by atoms with E-state index in [-0.39, 0.29) is 18.0 Å². The third kappa shape index (κ3) is 3.53. The van der Waals surface area contributed by atoms with Gasteiger partial charge in [-0.05, 0) is 19.1 Å². The average Bonchev–Trinajstić information content (AvgIpc) is 2.47. The van der Waals surface area contributed by atoms with Gasteiger partial charge in [0.1, 0.15) is 5.69 Å². The largest absolute Gasteiger partial charge is 0.462 e. The standard InChI is InChI=1S/C13H10F3N3O2/c1-2-21-12(20)9-6-18-11(19-7-9)8-3-4-10(17-5-8)13(14,15)16/h3-7H,2H2,1H3. The van der Waals surface area contributed by atoms with Gasteiger partial charge in [0, 0.05) is 24.2 Å². The summed E-state index contributed by atoms with van der Waals surface area (Å²) in [5.74, 6) is -0.390. The van der Waals surface area contributed by atoms with Crippen LogP contribution >= 0.6 is 0 Å². The Kier molecular flexibility index (Phi) is 4.15. The number of esters is 1. The number of pyridine rings is 1. The monoisotopic (exact) mass is 297 g/mol. The zero-order chi connectivity index (χ0) is 15.5. The molecular formula is C13H10F3N3O2. The van der Waals surface area contributed by atoms with E-state index in [4.69, 9.17) is 4.74 Å². The lowest BCUT2D eigenvalue weighted by Gasteiger charge is -2.06. The summed E-state index contributed by atoms with van der Waals surface area (Å²) >= 11 is 0. The van der Waals surface area contributed by atoms with E-state index in [1.165, 1.54) is 18.5 Å². The van der Waals surface area contributed by atoms with Crippen LogP contribution in [-0.4, -0.2) is 27.5 Å². The number of aromatic nitrogens is 3. The molecule has 0 bridgehead atoms. The quantitative estimate of drug-likeness (QED) is 0.815. The molecule has 2 rings (SSSR count). The topological polar surface area (TPSA) is 65.0 Å². The molecule has 0 aliphatic carbocycles. The van der Waals surface area contributed by atoms with Gasteiger partial charge in [0.25, 0.3) is 0 Å².